The van der Waals surface area contributed by atoms with Crippen LogP contribution >= 0.6 is 0 Å². The highest BCUT2D eigenvalue weighted by Crippen LogP contribution is 2.24. The molecule has 5 nitrogen and oxygen atoms in total. The summed E-state index contributed by atoms with van der Waals surface area (Å²) in [6.45, 7) is 0. The van der Waals surface area contributed by atoms with Crippen LogP contribution < -0.4 is 0 Å². The first kappa shape index (κ1) is 12.6. The Bertz CT molecular complexity index is 632. The highest BCUT2D eigenvalue weighted by atomic mass is 16.4. The molecule has 0 aliphatic carbocycles. The zero-order valence-corrected chi connectivity index (χ0v) is 9.82. The van der Waals surface area contributed by atoms with Gasteiger partial charge in [-0.05, 0) is 48.0 Å². The summed E-state index contributed by atoms with van der Waals surface area (Å²) in [5, 5.41) is 27.2. The molecule has 0 amide bonds. The van der Waals surface area contributed by atoms with Crippen molar-refractivity contribution in [2.24, 2.45) is 4.99 Å². The average Bonchev–Trinajstić information content (AvgIpc) is 2.40. The van der Waals surface area contributed by atoms with Gasteiger partial charge in [0.1, 0.15) is 0 Å². The molecule has 2 aromatic rings. The Morgan fingerprint density at radius 3 is 2.26 bits per heavy atom. The van der Waals surface area contributed by atoms with Gasteiger partial charge < -0.3 is 15.3 Å². The van der Waals surface area contributed by atoms with E-state index in [4.69, 9.17) is 10.2 Å². The molecule has 0 fully saturated rings. The third kappa shape index (κ3) is 3.10. The van der Waals surface area contributed by atoms with E-state index in [2.05, 4.69) is 4.99 Å². The van der Waals surface area contributed by atoms with Crippen LogP contribution in [0.5, 0.6) is 11.5 Å². The van der Waals surface area contributed by atoms with E-state index in [1.807, 2.05) is 0 Å². The first-order chi connectivity index (χ1) is 9.06. The molecule has 0 heterocycles. The van der Waals surface area contributed by atoms with Gasteiger partial charge in [0.15, 0.2) is 11.5 Å². The van der Waals surface area contributed by atoms with Crippen molar-refractivity contribution in [2.45, 2.75) is 0 Å². The maximum absolute atomic E-state index is 10.7. The Hall–Kier alpha value is -2.82. The fraction of sp³-hybridized carbons (Fsp3) is 0. The Morgan fingerprint density at radius 1 is 1.00 bits per heavy atom. The van der Waals surface area contributed by atoms with Crippen molar-refractivity contribution in [3.8, 4) is 11.5 Å². The van der Waals surface area contributed by atoms with Crippen molar-refractivity contribution in [3.63, 3.8) is 0 Å². The number of nitrogens with zero attached hydrogens (tertiary/aromatic N) is 1. The van der Waals surface area contributed by atoms with Crippen molar-refractivity contribution in [2.75, 3.05) is 0 Å². The Balaban J connectivity index is 2.17. The lowest BCUT2D eigenvalue weighted by Crippen LogP contribution is -1.94. The monoisotopic (exact) mass is 257 g/mol. The highest BCUT2D eigenvalue weighted by Gasteiger charge is 2.01. The van der Waals surface area contributed by atoms with Gasteiger partial charge in [-0.1, -0.05) is 0 Å². The van der Waals surface area contributed by atoms with Crippen LogP contribution in [-0.4, -0.2) is 27.5 Å². The SMILES string of the molecule is O=C(O)c1ccc(N=Cc2ccc(O)c(O)c2)cc1. The number of carboxylic acid groups (broad SMARTS) is 1. The van der Waals surface area contributed by atoms with Gasteiger partial charge in [-0.2, -0.15) is 0 Å². The minimum atomic E-state index is -0.987. The molecule has 0 bridgehead atoms. The number of carbonyl (C=O) groups is 1. The largest absolute Gasteiger partial charge is 0.504 e. The van der Waals surface area contributed by atoms with Gasteiger partial charge >= 0.3 is 5.97 Å². The van der Waals surface area contributed by atoms with E-state index < -0.39 is 5.97 Å². The number of aromatic hydroxyl groups is 2. The summed E-state index contributed by atoms with van der Waals surface area (Å²) in [5.41, 5.74) is 1.41. The maximum atomic E-state index is 10.7. The molecule has 2 rings (SSSR count). The quantitative estimate of drug-likeness (QED) is 0.582. The Kier molecular flexibility index (Phi) is 3.47. The Labute approximate surface area is 109 Å². The molecule has 0 aliphatic heterocycles. The van der Waals surface area contributed by atoms with Gasteiger partial charge in [0, 0.05) is 6.21 Å². The molecule has 0 unspecified atom stereocenters. The molecule has 0 aromatic heterocycles. The standard InChI is InChI=1S/C14H11NO4/c16-12-6-1-9(7-13(12)17)8-15-11-4-2-10(3-5-11)14(18)19/h1-8,16-17H,(H,18,19). The molecule has 0 atom stereocenters. The number of hydrogen-bond donors (Lipinski definition) is 3. The number of phenols is 2. The lowest BCUT2D eigenvalue weighted by atomic mass is 10.2. The van der Waals surface area contributed by atoms with Crippen LogP contribution in [0.25, 0.3) is 0 Å². The molecule has 0 radical (unpaired) electrons. The van der Waals surface area contributed by atoms with Crippen LogP contribution in [0.4, 0.5) is 5.69 Å². The number of aliphatic imine (C=N–C) groups is 1. The fourth-order valence-electron chi connectivity index (χ4n) is 1.46. The lowest BCUT2D eigenvalue weighted by molar-refractivity contribution is 0.0697. The fourth-order valence-corrected chi connectivity index (χ4v) is 1.46. The van der Waals surface area contributed by atoms with Gasteiger partial charge in [-0.3, -0.25) is 4.99 Å². The highest BCUT2D eigenvalue weighted by molar-refractivity contribution is 5.88. The van der Waals surface area contributed by atoms with Crippen molar-refractivity contribution in [1.29, 1.82) is 0 Å². The van der Waals surface area contributed by atoms with E-state index in [0.29, 0.717) is 11.3 Å². The number of rotatable bonds is 3. The van der Waals surface area contributed by atoms with Crippen molar-refractivity contribution >= 4 is 17.9 Å². The number of phenolic OH excluding ortho intramolecular Hbond substituents is 2. The summed E-state index contributed by atoms with van der Waals surface area (Å²) in [6.07, 6.45) is 1.51. The molecule has 0 saturated carbocycles. The van der Waals surface area contributed by atoms with Gasteiger partial charge in [-0.25, -0.2) is 4.79 Å². The molecule has 0 spiro atoms. The number of benzene rings is 2. The number of aromatic carboxylic acids is 1. The topological polar surface area (TPSA) is 90.1 Å². The minimum absolute atomic E-state index is 0.192. The summed E-state index contributed by atoms with van der Waals surface area (Å²) in [4.78, 5) is 14.8. The summed E-state index contributed by atoms with van der Waals surface area (Å²) in [6, 6.07) is 10.4. The average molecular weight is 257 g/mol. The third-order valence-corrected chi connectivity index (χ3v) is 2.48. The second-order valence-electron chi connectivity index (χ2n) is 3.86. The number of hydrogen-bond acceptors (Lipinski definition) is 4. The summed E-state index contributed by atoms with van der Waals surface area (Å²) >= 11 is 0. The van der Waals surface area contributed by atoms with Gasteiger partial charge in [0.05, 0.1) is 11.3 Å². The van der Waals surface area contributed by atoms with Crippen LogP contribution in [-0.2, 0) is 0 Å². The van der Waals surface area contributed by atoms with Gasteiger partial charge in [0.2, 0.25) is 0 Å². The zero-order valence-electron chi connectivity index (χ0n) is 9.82. The summed E-state index contributed by atoms with van der Waals surface area (Å²) in [7, 11) is 0. The predicted octanol–water partition coefficient (Wildman–Crippen LogP) is 2.55. The second kappa shape index (κ2) is 5.22. The van der Waals surface area contributed by atoms with E-state index in [9.17, 15) is 9.90 Å². The van der Waals surface area contributed by atoms with Crippen LogP contribution in [0, 0.1) is 0 Å². The van der Waals surface area contributed by atoms with E-state index in [1.165, 1.54) is 30.5 Å². The van der Waals surface area contributed by atoms with E-state index >= 15 is 0 Å². The zero-order chi connectivity index (χ0) is 13.8. The van der Waals surface area contributed by atoms with E-state index in [1.54, 1.807) is 18.2 Å². The van der Waals surface area contributed by atoms with E-state index in [0.717, 1.165) is 0 Å². The van der Waals surface area contributed by atoms with Gasteiger partial charge in [-0.15, -0.1) is 0 Å². The molecule has 2 aromatic carbocycles. The predicted molar refractivity (Wildman–Crippen MR) is 70.4 cm³/mol. The first-order valence-corrected chi connectivity index (χ1v) is 5.45. The molecule has 96 valence electrons. The summed E-state index contributed by atoms with van der Waals surface area (Å²) < 4.78 is 0. The molecular formula is C14H11NO4. The van der Waals surface area contributed by atoms with Crippen LogP contribution in [0.1, 0.15) is 15.9 Å². The third-order valence-electron chi connectivity index (χ3n) is 2.48. The van der Waals surface area contributed by atoms with Crippen LogP contribution in [0.15, 0.2) is 47.5 Å². The smallest absolute Gasteiger partial charge is 0.335 e. The molecule has 19 heavy (non-hydrogen) atoms. The van der Waals surface area contributed by atoms with Crippen molar-refractivity contribution in [3.05, 3.63) is 53.6 Å². The molecule has 3 N–H and O–H groups in total. The van der Waals surface area contributed by atoms with Crippen LogP contribution in [0.2, 0.25) is 0 Å². The maximum Gasteiger partial charge on any atom is 0.335 e. The van der Waals surface area contributed by atoms with Crippen LogP contribution in [0.3, 0.4) is 0 Å². The second-order valence-corrected chi connectivity index (χ2v) is 3.86. The molecule has 0 aliphatic rings. The summed E-state index contributed by atoms with van der Waals surface area (Å²) in [5.74, 6) is -1.40. The van der Waals surface area contributed by atoms with E-state index in [-0.39, 0.29) is 17.1 Å². The molecule has 5 heteroatoms. The minimum Gasteiger partial charge on any atom is -0.504 e. The molecular weight excluding hydrogens is 246 g/mol. The Morgan fingerprint density at radius 2 is 1.68 bits per heavy atom. The number of carboxylic acids is 1. The van der Waals surface area contributed by atoms with Crippen molar-refractivity contribution < 1.29 is 20.1 Å². The molecule has 0 saturated heterocycles. The lowest BCUT2D eigenvalue weighted by Gasteiger charge is -1.99. The van der Waals surface area contributed by atoms with Gasteiger partial charge in [0.25, 0.3) is 0 Å². The van der Waals surface area contributed by atoms with Crippen molar-refractivity contribution in [1.82, 2.24) is 0 Å². The normalized spacial score (nSPS) is 10.7. The first-order valence-electron chi connectivity index (χ1n) is 5.45.